The van der Waals surface area contributed by atoms with Crippen LogP contribution in [0.1, 0.15) is 0 Å². The molecule has 0 bridgehead atoms. The Morgan fingerprint density at radius 3 is 2.52 bits per heavy atom. The zero-order valence-electron chi connectivity index (χ0n) is 13.4. The molecule has 0 aliphatic heterocycles. The van der Waals surface area contributed by atoms with E-state index in [1.807, 2.05) is 0 Å². The van der Waals surface area contributed by atoms with E-state index in [0.717, 1.165) is 23.1 Å². The normalized spacial score (nSPS) is 11.3. The number of nitrogen functional groups attached to an aromatic ring is 1. The fraction of sp³-hybridized carbons (Fsp3) is 0.125. The maximum atomic E-state index is 14.6. The number of alkyl halides is 2. The molecule has 0 saturated carbocycles. The number of nitrogens with two attached hydrogens (primary N) is 1. The van der Waals surface area contributed by atoms with Gasteiger partial charge in [0.15, 0.2) is 0 Å². The molecule has 0 fully saturated rings. The first-order chi connectivity index (χ1) is 12.8. The highest BCUT2D eigenvalue weighted by Crippen LogP contribution is 2.35. The minimum atomic E-state index is -2.82. The molecule has 2 aromatic carbocycles. The molecular weight excluding hydrogens is 454 g/mol. The van der Waals surface area contributed by atoms with Gasteiger partial charge in [-0.05, 0) is 30.3 Å². The molecule has 0 aliphatic rings. The van der Waals surface area contributed by atoms with Crippen molar-refractivity contribution in [1.29, 1.82) is 0 Å². The Labute approximate surface area is 164 Å². The Kier molecular flexibility index (Phi) is 5.68. The molecule has 0 radical (unpaired) electrons. The average molecular weight is 465 g/mol. The maximum absolute atomic E-state index is 14.6. The van der Waals surface area contributed by atoms with Gasteiger partial charge in [-0.25, -0.2) is 28.4 Å². The van der Waals surface area contributed by atoms with Crippen molar-refractivity contribution in [3.63, 3.8) is 0 Å². The molecule has 0 atom stereocenters. The van der Waals surface area contributed by atoms with E-state index in [2.05, 4.69) is 31.3 Å². The molecule has 5 nitrogen and oxygen atoms in total. The zero-order chi connectivity index (χ0) is 19.7. The molecular formula is C16H11BrClF4N5. The van der Waals surface area contributed by atoms with Crippen molar-refractivity contribution in [2.24, 2.45) is 5.84 Å². The highest BCUT2D eigenvalue weighted by molar-refractivity contribution is 9.10. The Morgan fingerprint density at radius 1 is 1.15 bits per heavy atom. The summed E-state index contributed by atoms with van der Waals surface area (Å²) in [6.07, 6.45) is -2.82. The van der Waals surface area contributed by atoms with Crippen LogP contribution in [0.25, 0.3) is 10.9 Å². The SMILES string of the molecule is NNc1nc(N(CC(F)F)c2cc(F)cc(Br)c2)c2c(F)cc(Cl)cc2n1. The van der Waals surface area contributed by atoms with Crippen molar-refractivity contribution in [3.8, 4) is 0 Å². The number of nitrogens with zero attached hydrogens (tertiary/aromatic N) is 3. The van der Waals surface area contributed by atoms with Gasteiger partial charge < -0.3 is 4.90 Å². The second-order valence-corrected chi connectivity index (χ2v) is 6.78. The fourth-order valence-corrected chi connectivity index (χ4v) is 3.22. The van der Waals surface area contributed by atoms with Crippen molar-refractivity contribution in [2.45, 2.75) is 6.43 Å². The summed E-state index contributed by atoms with van der Waals surface area (Å²) in [5.41, 5.74) is 2.29. The van der Waals surface area contributed by atoms with Crippen LogP contribution in [0.2, 0.25) is 5.02 Å². The number of hydrazine groups is 1. The van der Waals surface area contributed by atoms with Crippen LogP contribution in [0.5, 0.6) is 0 Å². The molecule has 11 heteroatoms. The number of benzene rings is 2. The topological polar surface area (TPSA) is 67.1 Å². The first-order valence-electron chi connectivity index (χ1n) is 7.43. The summed E-state index contributed by atoms with van der Waals surface area (Å²) in [6, 6.07) is 5.95. The first kappa shape index (κ1) is 19.6. The first-order valence-corrected chi connectivity index (χ1v) is 8.60. The van der Waals surface area contributed by atoms with E-state index in [1.165, 1.54) is 12.1 Å². The van der Waals surface area contributed by atoms with Crippen LogP contribution in [0, 0.1) is 11.6 Å². The van der Waals surface area contributed by atoms with E-state index in [1.54, 1.807) is 0 Å². The average Bonchev–Trinajstić information content (AvgIpc) is 2.57. The summed E-state index contributed by atoms with van der Waals surface area (Å²) in [5, 5.41) is -0.0963. The number of hydrogen-bond donors (Lipinski definition) is 2. The number of rotatable bonds is 5. The molecule has 1 heterocycles. The lowest BCUT2D eigenvalue weighted by atomic mass is 10.2. The van der Waals surface area contributed by atoms with E-state index < -0.39 is 24.6 Å². The molecule has 0 amide bonds. The van der Waals surface area contributed by atoms with Crippen molar-refractivity contribution < 1.29 is 17.6 Å². The molecule has 142 valence electrons. The molecule has 1 aromatic heterocycles. The summed E-state index contributed by atoms with van der Waals surface area (Å²) in [5.74, 6) is 3.50. The van der Waals surface area contributed by atoms with E-state index >= 15 is 0 Å². The van der Waals surface area contributed by atoms with Gasteiger partial charge in [0, 0.05) is 15.2 Å². The second kappa shape index (κ2) is 7.83. The Hall–Kier alpha value is -2.17. The van der Waals surface area contributed by atoms with Gasteiger partial charge in [0.25, 0.3) is 6.43 Å². The number of anilines is 3. The van der Waals surface area contributed by atoms with E-state index in [9.17, 15) is 17.6 Å². The predicted octanol–water partition coefficient (Wildman–Crippen LogP) is 5.01. The number of halogens is 6. The summed E-state index contributed by atoms with van der Waals surface area (Å²) < 4.78 is 55.3. The van der Waals surface area contributed by atoms with Crippen LogP contribution in [-0.4, -0.2) is 22.9 Å². The number of hydrogen-bond acceptors (Lipinski definition) is 5. The molecule has 3 N–H and O–H groups in total. The molecule has 3 rings (SSSR count). The van der Waals surface area contributed by atoms with Gasteiger partial charge in [-0.1, -0.05) is 27.5 Å². The van der Waals surface area contributed by atoms with Gasteiger partial charge in [0.2, 0.25) is 5.95 Å². The van der Waals surface area contributed by atoms with Crippen molar-refractivity contribution in [2.75, 3.05) is 16.9 Å². The quantitative estimate of drug-likeness (QED) is 0.316. The lowest BCUT2D eigenvalue weighted by Gasteiger charge is -2.25. The number of fused-ring (bicyclic) bond motifs is 1. The highest BCUT2D eigenvalue weighted by atomic mass is 79.9. The van der Waals surface area contributed by atoms with E-state index in [4.69, 9.17) is 17.4 Å². The van der Waals surface area contributed by atoms with Crippen LogP contribution in [-0.2, 0) is 0 Å². The van der Waals surface area contributed by atoms with Crippen molar-refractivity contribution in [3.05, 3.63) is 51.5 Å². The minimum Gasteiger partial charge on any atom is -0.320 e. The van der Waals surface area contributed by atoms with Crippen molar-refractivity contribution in [1.82, 2.24) is 9.97 Å². The van der Waals surface area contributed by atoms with Gasteiger partial charge in [0.05, 0.1) is 17.4 Å². The van der Waals surface area contributed by atoms with Gasteiger partial charge in [0.1, 0.15) is 17.5 Å². The lowest BCUT2D eigenvalue weighted by molar-refractivity contribution is 0.158. The third-order valence-corrected chi connectivity index (χ3v) is 4.24. The van der Waals surface area contributed by atoms with Crippen LogP contribution in [0.15, 0.2) is 34.8 Å². The van der Waals surface area contributed by atoms with Gasteiger partial charge >= 0.3 is 0 Å². The third kappa shape index (κ3) is 4.23. The Balaban J connectivity index is 2.32. The second-order valence-electron chi connectivity index (χ2n) is 5.43. The number of aromatic nitrogens is 2. The van der Waals surface area contributed by atoms with Gasteiger partial charge in [-0.15, -0.1) is 0 Å². The summed E-state index contributed by atoms with van der Waals surface area (Å²) in [7, 11) is 0. The summed E-state index contributed by atoms with van der Waals surface area (Å²) in [6.45, 7) is -0.867. The number of nitrogens with one attached hydrogen (secondary N) is 1. The summed E-state index contributed by atoms with van der Waals surface area (Å²) in [4.78, 5) is 9.01. The predicted molar refractivity (Wildman–Crippen MR) is 99.4 cm³/mol. The molecule has 0 spiro atoms. The molecule has 0 unspecified atom stereocenters. The molecule has 0 aliphatic carbocycles. The lowest BCUT2D eigenvalue weighted by Crippen LogP contribution is -2.26. The minimum absolute atomic E-state index is 0.0412. The monoisotopic (exact) mass is 463 g/mol. The Morgan fingerprint density at radius 2 is 1.89 bits per heavy atom. The smallest absolute Gasteiger partial charge is 0.256 e. The highest BCUT2D eigenvalue weighted by Gasteiger charge is 2.23. The van der Waals surface area contributed by atoms with Gasteiger partial charge in [-0.3, -0.25) is 5.43 Å². The maximum Gasteiger partial charge on any atom is 0.256 e. The van der Waals surface area contributed by atoms with Crippen LogP contribution in [0.4, 0.5) is 35.0 Å². The largest absolute Gasteiger partial charge is 0.320 e. The van der Waals surface area contributed by atoms with Crippen LogP contribution in [0.3, 0.4) is 0 Å². The van der Waals surface area contributed by atoms with Crippen LogP contribution >= 0.6 is 27.5 Å². The molecule has 27 heavy (non-hydrogen) atoms. The fourth-order valence-electron chi connectivity index (χ4n) is 2.57. The zero-order valence-corrected chi connectivity index (χ0v) is 15.7. The summed E-state index contributed by atoms with van der Waals surface area (Å²) >= 11 is 8.96. The molecule has 0 saturated heterocycles. The standard InChI is InChI=1S/C16H11BrClF4N5/c17-7-1-9(19)5-10(2-7)27(6-13(21)22)15-14-11(20)3-8(18)4-12(14)24-16(25-15)26-23/h1-5,13H,6,23H2,(H,24,25,26). The van der Waals surface area contributed by atoms with Crippen molar-refractivity contribution >= 4 is 55.9 Å². The van der Waals surface area contributed by atoms with Gasteiger partial charge in [-0.2, -0.15) is 4.98 Å². The Bertz CT molecular complexity index is 984. The molecule has 3 aromatic rings. The third-order valence-electron chi connectivity index (χ3n) is 3.56. The van der Waals surface area contributed by atoms with Crippen LogP contribution < -0.4 is 16.2 Å². The van der Waals surface area contributed by atoms with E-state index in [-0.39, 0.29) is 33.4 Å². The van der Waals surface area contributed by atoms with E-state index in [0.29, 0.717) is 4.47 Å².